The van der Waals surface area contributed by atoms with Crippen molar-refractivity contribution in [2.45, 2.75) is 0 Å². The molecule has 0 atom stereocenters. The minimum atomic E-state index is -0.726. The summed E-state index contributed by atoms with van der Waals surface area (Å²) in [7, 11) is 1.70. The van der Waals surface area contributed by atoms with Crippen LogP contribution in [0.1, 0.15) is 0 Å². The molecule has 0 aliphatic rings. The second kappa shape index (κ2) is 3.73. The SMILES string of the molecule is Cn1c[c]cc1Oc1c(F)cccc1F. The third-order valence-electron chi connectivity index (χ3n) is 1.95. The molecule has 2 aromatic rings. The van der Waals surface area contributed by atoms with E-state index < -0.39 is 17.4 Å². The minimum Gasteiger partial charge on any atom is -0.435 e. The smallest absolute Gasteiger partial charge is 0.200 e. The Morgan fingerprint density at radius 2 is 1.93 bits per heavy atom. The Morgan fingerprint density at radius 3 is 2.47 bits per heavy atom. The Morgan fingerprint density at radius 1 is 1.27 bits per heavy atom. The van der Waals surface area contributed by atoms with Crippen molar-refractivity contribution in [2.75, 3.05) is 0 Å². The Hall–Kier alpha value is -1.84. The number of hydrogen-bond acceptors (Lipinski definition) is 1. The van der Waals surface area contributed by atoms with Gasteiger partial charge in [-0.25, -0.2) is 8.78 Å². The van der Waals surface area contributed by atoms with Crippen molar-refractivity contribution < 1.29 is 13.5 Å². The molecule has 2 nitrogen and oxygen atoms in total. The van der Waals surface area contributed by atoms with Crippen molar-refractivity contribution in [3.05, 3.63) is 48.2 Å². The first-order chi connectivity index (χ1) is 7.18. The van der Waals surface area contributed by atoms with E-state index in [1.54, 1.807) is 17.8 Å². The summed E-state index contributed by atoms with van der Waals surface area (Å²) in [5, 5.41) is 0. The predicted molar refractivity (Wildman–Crippen MR) is 50.7 cm³/mol. The molecule has 77 valence electrons. The highest BCUT2D eigenvalue weighted by Gasteiger charge is 2.11. The van der Waals surface area contributed by atoms with Crippen molar-refractivity contribution in [3.63, 3.8) is 0 Å². The molecule has 1 aromatic carbocycles. The maximum absolute atomic E-state index is 13.2. The Balaban J connectivity index is 2.36. The zero-order valence-electron chi connectivity index (χ0n) is 8.00. The quantitative estimate of drug-likeness (QED) is 0.740. The van der Waals surface area contributed by atoms with Gasteiger partial charge in [0.15, 0.2) is 11.6 Å². The fourth-order valence-corrected chi connectivity index (χ4v) is 1.17. The van der Waals surface area contributed by atoms with Gasteiger partial charge in [0, 0.05) is 25.4 Å². The molecule has 0 amide bonds. The lowest BCUT2D eigenvalue weighted by atomic mass is 10.3. The molecule has 0 bridgehead atoms. The van der Waals surface area contributed by atoms with Gasteiger partial charge >= 0.3 is 0 Å². The standard InChI is InChI=1S/C11H8F2NO/c1-14-7-3-6-10(14)15-11-8(12)4-2-5-9(11)13/h2,4-7H,1H3. The normalized spacial score (nSPS) is 10.3. The van der Waals surface area contributed by atoms with E-state index in [2.05, 4.69) is 6.07 Å². The van der Waals surface area contributed by atoms with E-state index in [1.807, 2.05) is 0 Å². The number of aryl methyl sites for hydroxylation is 1. The average molecular weight is 208 g/mol. The average Bonchev–Trinajstić information content (AvgIpc) is 2.58. The summed E-state index contributed by atoms with van der Waals surface area (Å²) in [5.74, 6) is -1.51. The molecule has 0 spiro atoms. The summed E-state index contributed by atoms with van der Waals surface area (Å²) >= 11 is 0. The van der Waals surface area contributed by atoms with Gasteiger partial charge in [0.05, 0.1) is 0 Å². The largest absolute Gasteiger partial charge is 0.435 e. The van der Waals surface area contributed by atoms with Crippen LogP contribution in [0.4, 0.5) is 8.78 Å². The van der Waals surface area contributed by atoms with Crippen LogP contribution in [0.2, 0.25) is 0 Å². The second-order valence-corrected chi connectivity index (χ2v) is 3.04. The van der Waals surface area contributed by atoms with Crippen LogP contribution in [0.3, 0.4) is 0 Å². The first-order valence-electron chi connectivity index (χ1n) is 4.33. The number of rotatable bonds is 2. The molecule has 1 radical (unpaired) electrons. The molecule has 0 aliphatic heterocycles. The molecule has 0 N–H and O–H groups in total. The van der Waals surface area contributed by atoms with Gasteiger partial charge < -0.3 is 9.30 Å². The van der Waals surface area contributed by atoms with E-state index in [1.165, 1.54) is 12.1 Å². The predicted octanol–water partition coefficient (Wildman–Crippen LogP) is 2.90. The Labute approximate surface area is 85.7 Å². The van der Waals surface area contributed by atoms with Crippen LogP contribution in [0.25, 0.3) is 0 Å². The Kier molecular flexibility index (Phi) is 2.41. The zero-order valence-corrected chi connectivity index (χ0v) is 8.00. The third kappa shape index (κ3) is 1.83. The number of hydrogen-bond donors (Lipinski definition) is 0. The van der Waals surface area contributed by atoms with Crippen LogP contribution in [0, 0.1) is 17.7 Å². The van der Waals surface area contributed by atoms with Gasteiger partial charge in [0.1, 0.15) is 0 Å². The molecule has 0 fully saturated rings. The summed E-state index contributed by atoms with van der Waals surface area (Å²) in [6.45, 7) is 0. The van der Waals surface area contributed by atoms with Gasteiger partial charge in [-0.3, -0.25) is 0 Å². The summed E-state index contributed by atoms with van der Waals surface area (Å²) in [5.41, 5.74) is 0. The molecule has 0 aliphatic carbocycles. The van der Waals surface area contributed by atoms with Crippen molar-refractivity contribution in [2.24, 2.45) is 7.05 Å². The van der Waals surface area contributed by atoms with Gasteiger partial charge in [0.2, 0.25) is 11.6 Å². The molecule has 1 aromatic heterocycles. The number of benzene rings is 1. The lowest BCUT2D eigenvalue weighted by Crippen LogP contribution is -1.96. The molecule has 0 saturated carbocycles. The number of nitrogens with zero attached hydrogens (tertiary/aromatic N) is 1. The highest BCUT2D eigenvalue weighted by Crippen LogP contribution is 2.26. The molecular weight excluding hydrogens is 200 g/mol. The van der Waals surface area contributed by atoms with E-state index in [-0.39, 0.29) is 0 Å². The highest BCUT2D eigenvalue weighted by atomic mass is 19.1. The van der Waals surface area contributed by atoms with Crippen LogP contribution < -0.4 is 4.74 Å². The van der Waals surface area contributed by atoms with Crippen molar-refractivity contribution in [1.29, 1.82) is 0 Å². The number of halogens is 2. The number of aromatic nitrogens is 1. The maximum Gasteiger partial charge on any atom is 0.200 e. The summed E-state index contributed by atoms with van der Waals surface area (Å²) in [6.07, 6.45) is 1.61. The molecule has 1 heterocycles. The van der Waals surface area contributed by atoms with E-state index >= 15 is 0 Å². The minimum absolute atomic E-state index is 0.332. The van der Waals surface area contributed by atoms with Gasteiger partial charge in [-0.05, 0) is 12.1 Å². The molecule has 4 heteroatoms. The van der Waals surface area contributed by atoms with Gasteiger partial charge in [-0.2, -0.15) is 0 Å². The topological polar surface area (TPSA) is 14.2 Å². The van der Waals surface area contributed by atoms with Crippen molar-refractivity contribution >= 4 is 0 Å². The molecule has 0 saturated heterocycles. The zero-order chi connectivity index (χ0) is 10.8. The molecular formula is C11H8F2NO. The number of ether oxygens (including phenoxy) is 1. The van der Waals surface area contributed by atoms with E-state index in [0.717, 1.165) is 12.1 Å². The van der Waals surface area contributed by atoms with Gasteiger partial charge in [-0.15, -0.1) is 0 Å². The van der Waals surface area contributed by atoms with E-state index in [0.29, 0.717) is 5.88 Å². The Bertz CT molecular complexity index is 459. The monoisotopic (exact) mass is 208 g/mol. The molecule has 2 rings (SSSR count). The maximum atomic E-state index is 13.2. The second-order valence-electron chi connectivity index (χ2n) is 3.04. The fraction of sp³-hybridized carbons (Fsp3) is 0.0909. The first kappa shape index (κ1) is 9.71. The van der Waals surface area contributed by atoms with Crippen LogP contribution in [0.15, 0.2) is 30.5 Å². The summed E-state index contributed by atoms with van der Waals surface area (Å²) < 4.78 is 33.0. The highest BCUT2D eigenvalue weighted by molar-refractivity contribution is 5.30. The van der Waals surface area contributed by atoms with Crippen LogP contribution in [-0.4, -0.2) is 4.57 Å². The lowest BCUT2D eigenvalue weighted by molar-refractivity contribution is 0.384. The fourth-order valence-electron chi connectivity index (χ4n) is 1.17. The van der Waals surface area contributed by atoms with Gasteiger partial charge in [0.25, 0.3) is 0 Å². The first-order valence-corrected chi connectivity index (χ1v) is 4.33. The van der Waals surface area contributed by atoms with Crippen LogP contribution in [0.5, 0.6) is 11.6 Å². The molecule has 0 unspecified atom stereocenters. The number of para-hydroxylation sites is 1. The van der Waals surface area contributed by atoms with E-state index in [9.17, 15) is 8.78 Å². The van der Waals surface area contributed by atoms with Crippen molar-refractivity contribution in [1.82, 2.24) is 4.57 Å². The van der Waals surface area contributed by atoms with Gasteiger partial charge in [-0.1, -0.05) is 6.07 Å². The summed E-state index contributed by atoms with van der Waals surface area (Å²) in [4.78, 5) is 0. The van der Waals surface area contributed by atoms with Crippen LogP contribution >= 0.6 is 0 Å². The lowest BCUT2D eigenvalue weighted by Gasteiger charge is -2.07. The summed E-state index contributed by atoms with van der Waals surface area (Å²) in [6, 6.07) is 7.83. The third-order valence-corrected chi connectivity index (χ3v) is 1.95. The molecule has 15 heavy (non-hydrogen) atoms. The van der Waals surface area contributed by atoms with E-state index in [4.69, 9.17) is 4.74 Å². The van der Waals surface area contributed by atoms with Crippen LogP contribution in [-0.2, 0) is 7.05 Å². The van der Waals surface area contributed by atoms with Crippen molar-refractivity contribution in [3.8, 4) is 11.6 Å².